The van der Waals surface area contributed by atoms with Crippen LogP contribution in [0.4, 0.5) is 5.69 Å². The van der Waals surface area contributed by atoms with Crippen LogP contribution in [0.3, 0.4) is 0 Å². The van der Waals surface area contributed by atoms with Crippen LogP contribution < -0.4 is 15.1 Å². The lowest BCUT2D eigenvalue weighted by atomic mass is 9.98. The number of nitrogens with zero attached hydrogens (tertiary/aromatic N) is 1. The third-order valence-corrected chi connectivity index (χ3v) is 6.57. The van der Waals surface area contributed by atoms with Gasteiger partial charge >= 0.3 is 0 Å². The van der Waals surface area contributed by atoms with Gasteiger partial charge in [-0.2, -0.15) is 0 Å². The molecule has 5 nitrogen and oxygen atoms in total. The Hall–Kier alpha value is -3.38. The molecule has 1 aromatic heterocycles. The topological polar surface area (TPSA) is 59.8 Å². The van der Waals surface area contributed by atoms with Crippen molar-refractivity contribution in [2.45, 2.75) is 32.2 Å². The summed E-state index contributed by atoms with van der Waals surface area (Å²) in [7, 11) is 0. The van der Waals surface area contributed by atoms with Crippen LogP contribution in [-0.2, 0) is 0 Å². The predicted octanol–water partition coefficient (Wildman–Crippen LogP) is 6.87. The molecule has 0 fully saturated rings. The second kappa shape index (κ2) is 9.47. The minimum absolute atomic E-state index is 0.0913. The van der Waals surface area contributed by atoms with E-state index in [4.69, 9.17) is 9.15 Å². The molecule has 0 radical (unpaired) electrons. The number of halogens is 1. The van der Waals surface area contributed by atoms with Crippen molar-refractivity contribution >= 4 is 38.5 Å². The Bertz CT molecular complexity index is 1400. The van der Waals surface area contributed by atoms with Gasteiger partial charge in [0.1, 0.15) is 11.3 Å². The van der Waals surface area contributed by atoms with Gasteiger partial charge in [0.05, 0.1) is 23.6 Å². The third-order valence-electron chi connectivity index (χ3n) is 6.08. The van der Waals surface area contributed by atoms with Crippen molar-refractivity contribution < 1.29 is 13.9 Å². The van der Waals surface area contributed by atoms with E-state index in [2.05, 4.69) is 22.9 Å². The molecule has 0 saturated carbocycles. The molecule has 172 valence electrons. The molecular weight excluding hydrogens is 494 g/mol. The van der Waals surface area contributed by atoms with Gasteiger partial charge in [-0.3, -0.25) is 14.5 Å². The van der Waals surface area contributed by atoms with E-state index in [0.29, 0.717) is 28.8 Å². The number of unbranched alkanes of at least 4 members (excludes halogenated alkanes) is 2. The average molecular weight is 518 g/mol. The Morgan fingerprint density at radius 1 is 0.971 bits per heavy atom. The van der Waals surface area contributed by atoms with Crippen molar-refractivity contribution in [3.05, 3.63) is 104 Å². The Labute approximate surface area is 206 Å². The van der Waals surface area contributed by atoms with Crippen molar-refractivity contribution in [2.75, 3.05) is 11.5 Å². The normalized spacial score (nSPS) is 15.1. The lowest BCUT2D eigenvalue weighted by Gasteiger charge is -2.25. The molecule has 34 heavy (non-hydrogen) atoms. The highest BCUT2D eigenvalue weighted by Crippen LogP contribution is 2.41. The molecule has 0 saturated heterocycles. The maximum Gasteiger partial charge on any atom is 0.295 e. The number of ether oxygens (including phenoxy) is 1. The van der Waals surface area contributed by atoms with Gasteiger partial charge in [0, 0.05) is 10.2 Å². The number of anilines is 1. The molecular formula is C28H24BrNO4. The van der Waals surface area contributed by atoms with Crippen LogP contribution in [0.5, 0.6) is 5.75 Å². The summed E-state index contributed by atoms with van der Waals surface area (Å²) in [5.74, 6) is 0.534. The van der Waals surface area contributed by atoms with E-state index in [9.17, 15) is 9.59 Å². The van der Waals surface area contributed by atoms with Crippen LogP contribution in [0.15, 0.2) is 86.5 Å². The van der Waals surface area contributed by atoms with Crippen LogP contribution in [0, 0.1) is 0 Å². The Kier molecular flexibility index (Phi) is 6.24. The van der Waals surface area contributed by atoms with E-state index in [1.54, 1.807) is 23.1 Å². The molecule has 1 atom stereocenters. The summed E-state index contributed by atoms with van der Waals surface area (Å²) in [5, 5.41) is 0.441. The van der Waals surface area contributed by atoms with Crippen molar-refractivity contribution in [3.63, 3.8) is 0 Å². The number of rotatable bonds is 7. The average Bonchev–Trinajstić information content (AvgIpc) is 3.16. The number of hydrogen-bond acceptors (Lipinski definition) is 4. The Morgan fingerprint density at radius 3 is 2.47 bits per heavy atom. The van der Waals surface area contributed by atoms with Gasteiger partial charge in [-0.25, -0.2) is 0 Å². The first-order valence-corrected chi connectivity index (χ1v) is 12.3. The lowest BCUT2D eigenvalue weighted by molar-refractivity contribution is 0.0971. The minimum atomic E-state index is -0.598. The van der Waals surface area contributed by atoms with Crippen molar-refractivity contribution in [3.8, 4) is 5.75 Å². The number of hydrogen-bond donors (Lipinski definition) is 0. The highest BCUT2D eigenvalue weighted by molar-refractivity contribution is 9.10. The molecule has 1 aliphatic rings. The second-order valence-corrected chi connectivity index (χ2v) is 9.27. The van der Waals surface area contributed by atoms with Gasteiger partial charge in [-0.1, -0.05) is 66.0 Å². The van der Waals surface area contributed by atoms with Crippen molar-refractivity contribution in [1.82, 2.24) is 0 Å². The fourth-order valence-electron chi connectivity index (χ4n) is 4.40. The molecule has 0 aliphatic carbocycles. The predicted molar refractivity (Wildman–Crippen MR) is 137 cm³/mol. The second-order valence-electron chi connectivity index (χ2n) is 8.35. The monoisotopic (exact) mass is 517 g/mol. The van der Waals surface area contributed by atoms with E-state index in [0.717, 1.165) is 35.0 Å². The molecule has 3 aromatic carbocycles. The molecule has 1 unspecified atom stereocenters. The minimum Gasteiger partial charge on any atom is -0.494 e. The fraction of sp³-hybridized carbons (Fsp3) is 0.214. The van der Waals surface area contributed by atoms with E-state index < -0.39 is 6.04 Å². The standard InChI is InChI=1S/C28H24BrNO4/c1-2-3-7-16-33-21-13-10-18(11-14-21)25-24-26(31)22-17-19(29)12-15-23(22)34-27(24)28(32)30(25)20-8-5-4-6-9-20/h4-6,8-15,17,25H,2-3,7,16H2,1H3. The largest absolute Gasteiger partial charge is 0.494 e. The first-order chi connectivity index (χ1) is 16.6. The zero-order valence-corrected chi connectivity index (χ0v) is 20.4. The number of para-hydroxylation sites is 1. The molecule has 6 heteroatoms. The molecule has 0 spiro atoms. The van der Waals surface area contributed by atoms with E-state index in [-0.39, 0.29) is 17.1 Å². The molecule has 0 N–H and O–H groups in total. The highest BCUT2D eigenvalue weighted by atomic mass is 79.9. The SMILES string of the molecule is CCCCCOc1ccc(C2c3c(oc4ccc(Br)cc4c3=O)C(=O)N2c2ccccc2)cc1. The van der Waals surface area contributed by atoms with Crippen LogP contribution in [-0.4, -0.2) is 12.5 Å². The Balaban J connectivity index is 1.62. The summed E-state index contributed by atoms with van der Waals surface area (Å²) >= 11 is 3.43. The first kappa shape index (κ1) is 22.4. The van der Waals surface area contributed by atoms with Crippen molar-refractivity contribution in [2.24, 2.45) is 0 Å². The number of carbonyl (C=O) groups excluding carboxylic acids is 1. The number of benzene rings is 3. The lowest BCUT2D eigenvalue weighted by Crippen LogP contribution is -2.29. The summed E-state index contributed by atoms with van der Waals surface area (Å²) < 4.78 is 12.7. The summed E-state index contributed by atoms with van der Waals surface area (Å²) in [4.78, 5) is 28.9. The summed E-state index contributed by atoms with van der Waals surface area (Å²) in [5.41, 5.74) is 2.07. The van der Waals surface area contributed by atoms with Gasteiger partial charge in [0.2, 0.25) is 5.76 Å². The summed E-state index contributed by atoms with van der Waals surface area (Å²) in [6.07, 6.45) is 3.28. The van der Waals surface area contributed by atoms with Gasteiger partial charge in [0.15, 0.2) is 5.43 Å². The number of fused-ring (bicyclic) bond motifs is 2. The van der Waals surface area contributed by atoms with Gasteiger partial charge in [-0.15, -0.1) is 0 Å². The van der Waals surface area contributed by atoms with E-state index in [1.807, 2.05) is 54.6 Å². The molecule has 2 heterocycles. The smallest absolute Gasteiger partial charge is 0.295 e. The quantitative estimate of drug-likeness (QED) is 0.251. The third kappa shape index (κ3) is 4.03. The fourth-order valence-corrected chi connectivity index (χ4v) is 4.76. The summed E-state index contributed by atoms with van der Waals surface area (Å²) in [6, 6.07) is 21.6. The molecule has 1 aliphatic heterocycles. The van der Waals surface area contributed by atoms with Crippen molar-refractivity contribution in [1.29, 1.82) is 0 Å². The van der Waals surface area contributed by atoms with Crippen LogP contribution in [0.2, 0.25) is 0 Å². The molecule has 4 aromatic rings. The zero-order chi connectivity index (χ0) is 23.7. The molecule has 0 bridgehead atoms. The van der Waals surface area contributed by atoms with Gasteiger partial charge in [0.25, 0.3) is 5.91 Å². The van der Waals surface area contributed by atoms with Crippen LogP contribution >= 0.6 is 15.9 Å². The van der Waals surface area contributed by atoms with Gasteiger partial charge < -0.3 is 9.15 Å². The maximum absolute atomic E-state index is 13.7. The summed E-state index contributed by atoms with van der Waals surface area (Å²) in [6.45, 7) is 2.82. The van der Waals surface area contributed by atoms with Crippen LogP contribution in [0.1, 0.15) is 53.9 Å². The van der Waals surface area contributed by atoms with E-state index in [1.165, 1.54) is 0 Å². The number of carbonyl (C=O) groups is 1. The first-order valence-electron chi connectivity index (χ1n) is 11.5. The Morgan fingerprint density at radius 2 is 1.74 bits per heavy atom. The van der Waals surface area contributed by atoms with E-state index >= 15 is 0 Å². The molecule has 5 rings (SSSR count). The highest BCUT2D eigenvalue weighted by Gasteiger charge is 2.43. The molecule has 1 amide bonds. The zero-order valence-electron chi connectivity index (χ0n) is 18.8. The number of amides is 1. The van der Waals surface area contributed by atoms with Crippen LogP contribution in [0.25, 0.3) is 11.0 Å². The van der Waals surface area contributed by atoms with Gasteiger partial charge in [-0.05, 0) is 54.4 Å². The maximum atomic E-state index is 13.7.